The van der Waals surface area contributed by atoms with Crippen LogP contribution in [0.25, 0.3) is 10.2 Å². The summed E-state index contributed by atoms with van der Waals surface area (Å²) in [6.45, 7) is 3.63. The molecule has 4 rings (SSSR count). The van der Waals surface area contributed by atoms with Crippen molar-refractivity contribution in [1.29, 1.82) is 0 Å². The third-order valence-corrected chi connectivity index (χ3v) is 7.10. The summed E-state index contributed by atoms with van der Waals surface area (Å²) in [5.74, 6) is -0.0363. The second-order valence-electron chi connectivity index (χ2n) is 6.63. The zero-order valence-corrected chi connectivity index (χ0v) is 16.6. The van der Waals surface area contributed by atoms with E-state index in [2.05, 4.69) is 9.71 Å². The van der Waals surface area contributed by atoms with Crippen molar-refractivity contribution in [3.63, 3.8) is 0 Å². The molecule has 140 valence electrons. The van der Waals surface area contributed by atoms with Gasteiger partial charge in [-0.3, -0.25) is 4.79 Å². The first-order valence-electron chi connectivity index (χ1n) is 8.62. The van der Waals surface area contributed by atoms with E-state index in [4.69, 9.17) is 0 Å². The van der Waals surface area contributed by atoms with Gasteiger partial charge in [0.15, 0.2) is 0 Å². The molecule has 8 heteroatoms. The number of sulfonamides is 1. The molecule has 0 bridgehead atoms. The van der Waals surface area contributed by atoms with Gasteiger partial charge in [-0.1, -0.05) is 12.1 Å². The highest BCUT2D eigenvalue weighted by Gasteiger charge is 2.30. The molecule has 1 unspecified atom stereocenters. The van der Waals surface area contributed by atoms with Crippen LogP contribution in [0.4, 0.5) is 5.69 Å². The molecular formula is C19H19N3O3S2. The standard InChI is InChI=1S/C19H19N3O3S2/c1-12-9-14-10-15(7-8-17(14)22(12)13(2)23)27(24,25)20-11-19-21-16-5-3-4-6-18(16)26-19/h3-8,10,12,20H,9,11H2,1-2H3. The van der Waals surface area contributed by atoms with Crippen LogP contribution in [0.15, 0.2) is 47.4 Å². The lowest BCUT2D eigenvalue weighted by Crippen LogP contribution is -2.33. The van der Waals surface area contributed by atoms with Crippen molar-refractivity contribution in [3.8, 4) is 0 Å². The monoisotopic (exact) mass is 401 g/mol. The maximum Gasteiger partial charge on any atom is 0.240 e. The Morgan fingerprint density at radius 3 is 2.81 bits per heavy atom. The molecule has 0 fully saturated rings. The number of thiazole rings is 1. The van der Waals surface area contributed by atoms with Gasteiger partial charge in [0, 0.05) is 18.7 Å². The lowest BCUT2D eigenvalue weighted by atomic mass is 10.1. The number of aromatic nitrogens is 1. The molecule has 1 aromatic heterocycles. The van der Waals surface area contributed by atoms with Crippen molar-refractivity contribution in [1.82, 2.24) is 9.71 Å². The Morgan fingerprint density at radius 1 is 1.30 bits per heavy atom. The van der Waals surface area contributed by atoms with Gasteiger partial charge in [0.25, 0.3) is 0 Å². The van der Waals surface area contributed by atoms with E-state index in [0.29, 0.717) is 6.42 Å². The summed E-state index contributed by atoms with van der Waals surface area (Å²) in [6.07, 6.45) is 0.649. The van der Waals surface area contributed by atoms with E-state index < -0.39 is 10.0 Å². The van der Waals surface area contributed by atoms with E-state index in [-0.39, 0.29) is 23.4 Å². The minimum atomic E-state index is -3.66. The quantitative estimate of drug-likeness (QED) is 0.729. The van der Waals surface area contributed by atoms with E-state index in [1.807, 2.05) is 31.2 Å². The molecule has 1 amide bonds. The van der Waals surface area contributed by atoms with Gasteiger partial charge >= 0.3 is 0 Å². The van der Waals surface area contributed by atoms with Crippen molar-refractivity contribution in [2.24, 2.45) is 0 Å². The Balaban J connectivity index is 1.56. The summed E-state index contributed by atoms with van der Waals surface area (Å²) >= 11 is 1.47. The predicted molar refractivity (Wildman–Crippen MR) is 106 cm³/mol. The van der Waals surface area contributed by atoms with Crippen molar-refractivity contribution < 1.29 is 13.2 Å². The number of nitrogens with zero attached hydrogens (tertiary/aromatic N) is 2. The highest BCUT2D eigenvalue weighted by atomic mass is 32.2. The van der Waals surface area contributed by atoms with Crippen molar-refractivity contribution in [3.05, 3.63) is 53.0 Å². The summed E-state index contributed by atoms with van der Waals surface area (Å²) in [7, 11) is -3.66. The smallest absolute Gasteiger partial charge is 0.240 e. The van der Waals surface area contributed by atoms with Gasteiger partial charge in [-0.05, 0) is 49.2 Å². The van der Waals surface area contributed by atoms with Crippen molar-refractivity contribution in [2.75, 3.05) is 4.90 Å². The van der Waals surface area contributed by atoms with Crippen LogP contribution in [0.3, 0.4) is 0 Å². The first-order chi connectivity index (χ1) is 12.8. The molecule has 2 heterocycles. The largest absolute Gasteiger partial charge is 0.309 e. The molecule has 1 aliphatic heterocycles. The number of nitrogens with one attached hydrogen (secondary N) is 1. The molecule has 0 spiro atoms. The van der Waals surface area contributed by atoms with Gasteiger partial charge in [0.1, 0.15) is 5.01 Å². The third kappa shape index (κ3) is 3.36. The van der Waals surface area contributed by atoms with Crippen LogP contribution in [0.5, 0.6) is 0 Å². The summed E-state index contributed by atoms with van der Waals surface area (Å²) in [4.78, 5) is 18.2. The Morgan fingerprint density at radius 2 is 2.07 bits per heavy atom. The van der Waals surface area contributed by atoms with Crippen LogP contribution < -0.4 is 9.62 Å². The first kappa shape index (κ1) is 18.1. The topological polar surface area (TPSA) is 79.4 Å². The number of hydrogen-bond donors (Lipinski definition) is 1. The normalized spacial score (nSPS) is 16.7. The molecule has 27 heavy (non-hydrogen) atoms. The second kappa shape index (κ2) is 6.70. The number of benzene rings is 2. The average molecular weight is 402 g/mol. The van der Waals surface area contributed by atoms with Crippen LogP contribution >= 0.6 is 11.3 Å². The van der Waals surface area contributed by atoms with Crippen LogP contribution in [0, 0.1) is 0 Å². The third-order valence-electron chi connectivity index (χ3n) is 4.67. The van der Waals surface area contributed by atoms with Gasteiger partial charge < -0.3 is 4.90 Å². The van der Waals surface area contributed by atoms with Crippen molar-refractivity contribution >= 4 is 43.2 Å². The van der Waals surface area contributed by atoms with Crippen LogP contribution in [-0.4, -0.2) is 25.4 Å². The fourth-order valence-corrected chi connectivity index (χ4v) is 5.53. The highest BCUT2D eigenvalue weighted by Crippen LogP contribution is 2.34. The summed E-state index contributed by atoms with van der Waals surface area (Å²) in [5, 5.41) is 0.720. The summed E-state index contributed by atoms with van der Waals surface area (Å²) in [6, 6.07) is 12.7. The average Bonchev–Trinajstić information content (AvgIpc) is 3.18. The van der Waals surface area contributed by atoms with E-state index in [9.17, 15) is 13.2 Å². The number of fused-ring (bicyclic) bond motifs is 2. The Bertz CT molecular complexity index is 1110. The van der Waals surface area contributed by atoms with Gasteiger partial charge in [-0.25, -0.2) is 18.1 Å². The van der Waals surface area contributed by atoms with Crippen molar-refractivity contribution in [2.45, 2.75) is 37.8 Å². The van der Waals surface area contributed by atoms with Crippen LogP contribution in [0.2, 0.25) is 0 Å². The van der Waals surface area contributed by atoms with Gasteiger partial charge in [-0.15, -0.1) is 11.3 Å². The first-order valence-corrected chi connectivity index (χ1v) is 10.9. The predicted octanol–water partition coefficient (Wildman–Crippen LogP) is 3.07. The molecule has 2 aromatic carbocycles. The molecule has 6 nitrogen and oxygen atoms in total. The molecule has 0 radical (unpaired) electrons. The molecule has 1 aliphatic rings. The number of carbonyl (C=O) groups is 1. The number of rotatable bonds is 4. The maximum absolute atomic E-state index is 12.7. The van der Waals surface area contributed by atoms with E-state index in [1.165, 1.54) is 18.3 Å². The number of anilines is 1. The van der Waals surface area contributed by atoms with E-state index >= 15 is 0 Å². The second-order valence-corrected chi connectivity index (χ2v) is 9.51. The summed E-state index contributed by atoms with van der Waals surface area (Å²) in [5.41, 5.74) is 2.54. The van der Waals surface area contributed by atoms with E-state index in [1.54, 1.807) is 23.1 Å². The number of hydrogen-bond acceptors (Lipinski definition) is 5. The minimum absolute atomic E-state index is 0.0335. The van der Waals surface area contributed by atoms with Gasteiger partial charge in [0.2, 0.25) is 15.9 Å². The zero-order valence-electron chi connectivity index (χ0n) is 15.0. The Hall–Kier alpha value is -2.29. The number of carbonyl (C=O) groups excluding carboxylic acids is 1. The van der Waals surface area contributed by atoms with Gasteiger partial charge in [0.05, 0.1) is 21.7 Å². The molecular weight excluding hydrogens is 382 g/mol. The minimum Gasteiger partial charge on any atom is -0.309 e. The lowest BCUT2D eigenvalue weighted by molar-refractivity contribution is -0.116. The fraction of sp³-hybridized carbons (Fsp3) is 0.263. The molecule has 0 aliphatic carbocycles. The maximum atomic E-state index is 12.7. The Kier molecular flexibility index (Phi) is 4.49. The number of para-hydroxylation sites is 1. The molecule has 1 N–H and O–H groups in total. The zero-order chi connectivity index (χ0) is 19.2. The summed E-state index contributed by atoms with van der Waals surface area (Å²) < 4.78 is 29.1. The van der Waals surface area contributed by atoms with Gasteiger partial charge in [-0.2, -0.15) is 0 Å². The van der Waals surface area contributed by atoms with Crippen LogP contribution in [-0.2, 0) is 27.8 Å². The molecule has 0 saturated heterocycles. The molecule has 1 atom stereocenters. The lowest BCUT2D eigenvalue weighted by Gasteiger charge is -2.20. The highest BCUT2D eigenvalue weighted by molar-refractivity contribution is 7.89. The Labute approximate surface area is 161 Å². The fourth-order valence-electron chi connectivity index (χ4n) is 3.49. The molecule has 0 saturated carbocycles. The van der Waals surface area contributed by atoms with E-state index in [0.717, 1.165) is 26.5 Å². The SMILES string of the molecule is CC(=O)N1c2ccc(S(=O)(=O)NCc3nc4ccccc4s3)cc2CC1C. The number of amides is 1. The molecule has 3 aromatic rings. The van der Waals surface area contributed by atoms with Crippen LogP contribution in [0.1, 0.15) is 24.4 Å².